The van der Waals surface area contributed by atoms with Gasteiger partial charge in [-0.2, -0.15) is 0 Å². The maximum atomic E-state index is 12.8. The van der Waals surface area contributed by atoms with Crippen LogP contribution in [0.5, 0.6) is 0 Å². The Bertz CT molecular complexity index is 678. The summed E-state index contributed by atoms with van der Waals surface area (Å²) < 4.78 is 2.01. The molecule has 1 aliphatic carbocycles. The van der Waals surface area contributed by atoms with E-state index in [0.29, 0.717) is 16.5 Å². The van der Waals surface area contributed by atoms with E-state index in [1.165, 1.54) is 30.6 Å². The Kier molecular flexibility index (Phi) is 4.22. The van der Waals surface area contributed by atoms with Crippen molar-refractivity contribution in [2.24, 2.45) is 5.92 Å². The first-order chi connectivity index (χ1) is 10.1. The highest BCUT2D eigenvalue weighted by atomic mass is 79.9. The van der Waals surface area contributed by atoms with Crippen molar-refractivity contribution in [3.63, 3.8) is 0 Å². The van der Waals surface area contributed by atoms with Gasteiger partial charge in [-0.05, 0) is 37.8 Å². The second-order valence-electron chi connectivity index (χ2n) is 5.60. The molecule has 1 heterocycles. The second-order valence-corrected chi connectivity index (χ2v) is 7.51. The Morgan fingerprint density at radius 3 is 2.81 bits per heavy atom. The molecule has 2 N–H and O–H groups in total. The van der Waals surface area contributed by atoms with Gasteiger partial charge in [-0.1, -0.05) is 28.4 Å². The molecule has 21 heavy (non-hydrogen) atoms. The van der Waals surface area contributed by atoms with E-state index >= 15 is 0 Å². The van der Waals surface area contributed by atoms with E-state index in [9.17, 15) is 4.79 Å². The van der Waals surface area contributed by atoms with Gasteiger partial charge in [-0.3, -0.25) is 4.79 Å². The molecule has 1 amide bonds. The largest absolute Gasteiger partial charge is 0.397 e. The van der Waals surface area contributed by atoms with Crippen molar-refractivity contribution in [2.45, 2.75) is 26.2 Å². The third-order valence-corrected chi connectivity index (χ3v) is 6.09. The van der Waals surface area contributed by atoms with Crippen molar-refractivity contribution in [3.05, 3.63) is 27.5 Å². The van der Waals surface area contributed by atoms with E-state index in [-0.39, 0.29) is 5.91 Å². The molecule has 0 atom stereocenters. The number of halogens is 1. The van der Waals surface area contributed by atoms with E-state index in [2.05, 4.69) is 15.9 Å². The highest BCUT2D eigenvalue weighted by Crippen LogP contribution is 2.39. The first-order valence-electron chi connectivity index (χ1n) is 7.37. The number of rotatable bonds is 4. The summed E-state index contributed by atoms with van der Waals surface area (Å²) in [4.78, 5) is 15.4. The van der Waals surface area contributed by atoms with Crippen LogP contribution in [0.15, 0.2) is 22.7 Å². The van der Waals surface area contributed by atoms with Crippen LogP contribution in [0.4, 0.5) is 5.69 Å². The van der Waals surface area contributed by atoms with E-state index in [1.54, 1.807) is 0 Å². The van der Waals surface area contributed by atoms with Crippen LogP contribution in [0.25, 0.3) is 10.1 Å². The molecule has 1 fully saturated rings. The average Bonchev–Trinajstić information content (AvgIpc) is 2.76. The number of benzene rings is 1. The van der Waals surface area contributed by atoms with Gasteiger partial charge in [0.05, 0.1) is 5.69 Å². The fraction of sp³-hybridized carbons (Fsp3) is 0.438. The van der Waals surface area contributed by atoms with Crippen LogP contribution in [-0.2, 0) is 0 Å². The standard InChI is InChI=1S/C16H19BrN2OS/c1-2-19(9-10-5-3-6-10)16(20)15-14(18)13-11(17)7-4-8-12(13)21-15/h4,7-8,10H,2-3,5-6,9,18H2,1H3. The minimum absolute atomic E-state index is 0.0787. The van der Waals surface area contributed by atoms with Crippen LogP contribution in [0.1, 0.15) is 35.9 Å². The fourth-order valence-corrected chi connectivity index (χ4v) is 4.60. The lowest BCUT2D eigenvalue weighted by molar-refractivity contribution is 0.0712. The van der Waals surface area contributed by atoms with Crippen molar-refractivity contribution in [2.75, 3.05) is 18.8 Å². The zero-order valence-electron chi connectivity index (χ0n) is 12.1. The Balaban J connectivity index is 1.92. The van der Waals surface area contributed by atoms with Crippen molar-refractivity contribution >= 4 is 48.9 Å². The number of hydrogen-bond donors (Lipinski definition) is 1. The number of thiophene rings is 1. The van der Waals surface area contributed by atoms with Crippen LogP contribution < -0.4 is 5.73 Å². The summed E-state index contributed by atoms with van der Waals surface area (Å²) in [5.74, 6) is 0.756. The summed E-state index contributed by atoms with van der Waals surface area (Å²) >= 11 is 5.02. The number of anilines is 1. The number of amides is 1. The molecule has 0 bridgehead atoms. The summed E-state index contributed by atoms with van der Waals surface area (Å²) in [5.41, 5.74) is 6.85. The molecule has 1 aliphatic rings. The van der Waals surface area contributed by atoms with Gasteiger partial charge in [0.15, 0.2) is 0 Å². The number of fused-ring (bicyclic) bond motifs is 1. The lowest BCUT2D eigenvalue weighted by Gasteiger charge is -2.31. The molecule has 2 aromatic rings. The van der Waals surface area contributed by atoms with Gasteiger partial charge in [0, 0.05) is 27.6 Å². The summed E-state index contributed by atoms with van der Waals surface area (Å²) in [6.07, 6.45) is 3.79. The molecular weight excluding hydrogens is 348 g/mol. The van der Waals surface area contributed by atoms with Gasteiger partial charge < -0.3 is 10.6 Å². The van der Waals surface area contributed by atoms with Gasteiger partial charge in [0.1, 0.15) is 4.88 Å². The maximum Gasteiger partial charge on any atom is 0.266 e. The lowest BCUT2D eigenvalue weighted by atomic mass is 9.85. The second kappa shape index (κ2) is 5.97. The molecule has 112 valence electrons. The Labute approximate surface area is 137 Å². The molecule has 1 saturated carbocycles. The molecule has 0 aliphatic heterocycles. The minimum atomic E-state index is 0.0787. The summed E-state index contributed by atoms with van der Waals surface area (Å²) in [5, 5.41) is 0.963. The first kappa shape index (κ1) is 14.9. The van der Waals surface area contributed by atoms with E-state index in [1.807, 2.05) is 30.0 Å². The fourth-order valence-electron chi connectivity index (χ4n) is 2.77. The summed E-state index contributed by atoms with van der Waals surface area (Å²) in [7, 11) is 0. The topological polar surface area (TPSA) is 46.3 Å². The molecule has 1 aromatic heterocycles. The molecule has 3 rings (SSSR count). The number of carbonyl (C=O) groups is 1. The number of nitrogens with zero attached hydrogens (tertiary/aromatic N) is 1. The molecule has 0 spiro atoms. The number of nitrogen functional groups attached to an aromatic ring is 1. The van der Waals surface area contributed by atoms with Gasteiger partial charge in [0.25, 0.3) is 5.91 Å². The van der Waals surface area contributed by atoms with Crippen molar-refractivity contribution in [1.29, 1.82) is 0 Å². The first-order valence-corrected chi connectivity index (χ1v) is 8.98. The molecular formula is C16H19BrN2OS. The molecule has 5 heteroatoms. The van der Waals surface area contributed by atoms with Crippen molar-refractivity contribution < 1.29 is 4.79 Å². The zero-order valence-corrected chi connectivity index (χ0v) is 14.5. The maximum absolute atomic E-state index is 12.8. The third-order valence-electron chi connectivity index (χ3n) is 4.27. The molecule has 0 saturated heterocycles. The van der Waals surface area contributed by atoms with Gasteiger partial charge >= 0.3 is 0 Å². The molecule has 3 nitrogen and oxygen atoms in total. The smallest absolute Gasteiger partial charge is 0.266 e. The van der Waals surface area contributed by atoms with Gasteiger partial charge in [-0.15, -0.1) is 11.3 Å². The van der Waals surface area contributed by atoms with E-state index in [0.717, 1.165) is 27.6 Å². The molecule has 1 aromatic carbocycles. The van der Waals surface area contributed by atoms with Crippen LogP contribution in [0.2, 0.25) is 0 Å². The van der Waals surface area contributed by atoms with Crippen LogP contribution in [0.3, 0.4) is 0 Å². The lowest BCUT2D eigenvalue weighted by Crippen LogP contribution is -2.37. The molecule has 0 unspecified atom stereocenters. The predicted molar refractivity (Wildman–Crippen MR) is 92.9 cm³/mol. The number of hydrogen-bond acceptors (Lipinski definition) is 3. The minimum Gasteiger partial charge on any atom is -0.397 e. The van der Waals surface area contributed by atoms with E-state index in [4.69, 9.17) is 5.73 Å². The summed E-state index contributed by atoms with van der Waals surface area (Å²) in [6, 6.07) is 5.95. The van der Waals surface area contributed by atoms with Crippen molar-refractivity contribution in [1.82, 2.24) is 4.90 Å². The normalized spacial score (nSPS) is 15.1. The van der Waals surface area contributed by atoms with Crippen molar-refractivity contribution in [3.8, 4) is 0 Å². The van der Waals surface area contributed by atoms with Gasteiger partial charge in [-0.25, -0.2) is 0 Å². The van der Waals surface area contributed by atoms with Crippen LogP contribution >= 0.6 is 27.3 Å². The van der Waals surface area contributed by atoms with Crippen LogP contribution in [0, 0.1) is 5.92 Å². The van der Waals surface area contributed by atoms with E-state index < -0.39 is 0 Å². The highest BCUT2D eigenvalue weighted by Gasteiger charge is 2.26. The quantitative estimate of drug-likeness (QED) is 0.864. The number of carbonyl (C=O) groups excluding carboxylic acids is 1. The highest BCUT2D eigenvalue weighted by molar-refractivity contribution is 9.10. The molecule has 0 radical (unpaired) electrons. The zero-order chi connectivity index (χ0) is 15.0. The number of nitrogens with two attached hydrogens (primary N) is 1. The SMILES string of the molecule is CCN(CC1CCC1)C(=O)c1sc2cccc(Br)c2c1N. The average molecular weight is 367 g/mol. The Hall–Kier alpha value is -1.07. The van der Waals surface area contributed by atoms with Gasteiger partial charge in [0.2, 0.25) is 0 Å². The predicted octanol–water partition coefficient (Wildman–Crippen LogP) is 4.51. The monoisotopic (exact) mass is 366 g/mol. The third kappa shape index (κ3) is 2.69. The Morgan fingerprint density at radius 1 is 1.48 bits per heavy atom. The summed E-state index contributed by atoms with van der Waals surface area (Å²) in [6.45, 7) is 3.64. The Morgan fingerprint density at radius 2 is 2.24 bits per heavy atom. The van der Waals surface area contributed by atoms with Crippen LogP contribution in [-0.4, -0.2) is 23.9 Å².